The summed E-state index contributed by atoms with van der Waals surface area (Å²) in [7, 11) is 0. The molecule has 2 aliphatic rings. The molecule has 21 heavy (non-hydrogen) atoms. The van der Waals surface area contributed by atoms with E-state index in [9.17, 15) is 4.79 Å². The molecule has 6 heteroatoms. The summed E-state index contributed by atoms with van der Waals surface area (Å²) in [6.07, 6.45) is 4.92. The molecular formula is C15H24N4O2. The van der Waals surface area contributed by atoms with Crippen LogP contribution >= 0.6 is 0 Å². The van der Waals surface area contributed by atoms with Crippen molar-refractivity contribution in [2.24, 2.45) is 5.92 Å². The smallest absolute Gasteiger partial charge is 0.231 e. The fourth-order valence-electron chi connectivity index (χ4n) is 3.33. The van der Waals surface area contributed by atoms with Crippen LogP contribution in [0.15, 0.2) is 4.52 Å². The topological polar surface area (TPSA) is 71.3 Å². The Bertz CT molecular complexity index is 482. The first-order valence-electron chi connectivity index (χ1n) is 8.01. The number of hydrogen-bond acceptors (Lipinski definition) is 5. The lowest BCUT2D eigenvalue weighted by atomic mass is 9.96. The highest BCUT2D eigenvalue weighted by Crippen LogP contribution is 2.26. The van der Waals surface area contributed by atoms with E-state index in [1.54, 1.807) is 0 Å². The van der Waals surface area contributed by atoms with Gasteiger partial charge in [0.25, 0.3) is 0 Å². The van der Waals surface area contributed by atoms with Gasteiger partial charge in [-0.3, -0.25) is 4.79 Å². The van der Waals surface area contributed by atoms with Gasteiger partial charge >= 0.3 is 0 Å². The standard InChI is InChI=1S/C15H24N4O2/c1-11-17-15(21-18-11)13-3-2-8-19(10-13)14(20)5-4-12-6-7-16-9-12/h12-13,16H,2-10H2,1H3. The molecule has 0 saturated carbocycles. The molecule has 1 aromatic rings. The largest absolute Gasteiger partial charge is 0.342 e. The van der Waals surface area contributed by atoms with E-state index in [-0.39, 0.29) is 11.8 Å². The summed E-state index contributed by atoms with van der Waals surface area (Å²) in [5.41, 5.74) is 0. The summed E-state index contributed by atoms with van der Waals surface area (Å²) in [5, 5.41) is 7.21. The lowest BCUT2D eigenvalue weighted by Crippen LogP contribution is -2.39. The van der Waals surface area contributed by atoms with Gasteiger partial charge in [0.05, 0.1) is 5.92 Å². The molecule has 3 rings (SSSR count). The molecule has 1 amide bonds. The zero-order chi connectivity index (χ0) is 14.7. The van der Waals surface area contributed by atoms with Gasteiger partial charge in [0, 0.05) is 19.5 Å². The number of rotatable bonds is 4. The van der Waals surface area contributed by atoms with E-state index in [1.807, 2.05) is 11.8 Å². The van der Waals surface area contributed by atoms with Crippen LogP contribution in [0.25, 0.3) is 0 Å². The van der Waals surface area contributed by atoms with Gasteiger partial charge in [0.2, 0.25) is 11.8 Å². The maximum atomic E-state index is 12.4. The number of amides is 1. The van der Waals surface area contributed by atoms with Crippen LogP contribution in [-0.2, 0) is 4.79 Å². The van der Waals surface area contributed by atoms with E-state index in [4.69, 9.17) is 4.52 Å². The van der Waals surface area contributed by atoms with E-state index < -0.39 is 0 Å². The fraction of sp³-hybridized carbons (Fsp3) is 0.800. The predicted molar refractivity (Wildman–Crippen MR) is 77.8 cm³/mol. The molecule has 2 atom stereocenters. The Hall–Kier alpha value is -1.43. The highest BCUT2D eigenvalue weighted by molar-refractivity contribution is 5.76. The lowest BCUT2D eigenvalue weighted by molar-refractivity contribution is -0.132. The molecule has 0 aliphatic carbocycles. The van der Waals surface area contributed by atoms with Crippen LogP contribution in [0.1, 0.15) is 49.7 Å². The van der Waals surface area contributed by atoms with E-state index in [0.29, 0.717) is 24.1 Å². The summed E-state index contributed by atoms with van der Waals surface area (Å²) in [6, 6.07) is 0. The zero-order valence-corrected chi connectivity index (χ0v) is 12.7. The first-order valence-corrected chi connectivity index (χ1v) is 8.01. The van der Waals surface area contributed by atoms with Gasteiger partial charge in [-0.2, -0.15) is 4.98 Å². The van der Waals surface area contributed by atoms with Crippen molar-refractivity contribution < 1.29 is 9.32 Å². The van der Waals surface area contributed by atoms with Gasteiger partial charge in [-0.15, -0.1) is 0 Å². The number of nitrogens with one attached hydrogen (secondary N) is 1. The minimum atomic E-state index is 0.206. The monoisotopic (exact) mass is 292 g/mol. The Morgan fingerprint density at radius 1 is 1.48 bits per heavy atom. The average Bonchev–Trinajstić information content (AvgIpc) is 3.16. The second kappa shape index (κ2) is 6.56. The predicted octanol–water partition coefficient (Wildman–Crippen LogP) is 1.47. The van der Waals surface area contributed by atoms with Crippen LogP contribution in [0.3, 0.4) is 0 Å². The summed E-state index contributed by atoms with van der Waals surface area (Å²) in [6.45, 7) is 5.58. The Morgan fingerprint density at radius 2 is 2.38 bits per heavy atom. The van der Waals surface area contributed by atoms with Gasteiger partial charge in [-0.1, -0.05) is 5.16 Å². The van der Waals surface area contributed by atoms with Gasteiger partial charge in [0.1, 0.15) is 0 Å². The summed E-state index contributed by atoms with van der Waals surface area (Å²) in [4.78, 5) is 18.7. The van der Waals surface area contributed by atoms with Crippen molar-refractivity contribution in [1.29, 1.82) is 0 Å². The number of likely N-dealkylation sites (tertiary alicyclic amines) is 1. The van der Waals surface area contributed by atoms with Crippen molar-refractivity contribution in [3.05, 3.63) is 11.7 Å². The average molecular weight is 292 g/mol. The van der Waals surface area contributed by atoms with Crippen molar-refractivity contribution in [3.8, 4) is 0 Å². The maximum Gasteiger partial charge on any atom is 0.231 e. The molecule has 1 N–H and O–H groups in total. The first-order chi connectivity index (χ1) is 10.2. The highest BCUT2D eigenvalue weighted by Gasteiger charge is 2.28. The van der Waals surface area contributed by atoms with Gasteiger partial charge < -0.3 is 14.7 Å². The van der Waals surface area contributed by atoms with Gasteiger partial charge in [-0.05, 0) is 51.6 Å². The van der Waals surface area contributed by atoms with Crippen LogP contribution in [-0.4, -0.2) is 47.1 Å². The second-order valence-electron chi connectivity index (χ2n) is 6.26. The lowest BCUT2D eigenvalue weighted by Gasteiger charge is -2.31. The molecule has 1 aromatic heterocycles. The third-order valence-corrected chi connectivity index (χ3v) is 4.60. The second-order valence-corrected chi connectivity index (χ2v) is 6.26. The molecule has 6 nitrogen and oxygen atoms in total. The molecule has 0 aromatic carbocycles. The molecule has 2 unspecified atom stereocenters. The molecule has 0 bridgehead atoms. The first kappa shape index (κ1) is 14.5. The Balaban J connectivity index is 1.51. The van der Waals surface area contributed by atoms with Crippen LogP contribution in [0.5, 0.6) is 0 Å². The summed E-state index contributed by atoms with van der Waals surface area (Å²) in [5.74, 6) is 2.51. The van der Waals surface area contributed by atoms with E-state index >= 15 is 0 Å². The minimum absolute atomic E-state index is 0.206. The number of carbonyl (C=O) groups is 1. The molecule has 0 radical (unpaired) electrons. The molecule has 0 spiro atoms. The van der Waals surface area contributed by atoms with E-state index in [0.717, 1.165) is 45.4 Å². The number of hydrogen-bond donors (Lipinski definition) is 1. The maximum absolute atomic E-state index is 12.4. The quantitative estimate of drug-likeness (QED) is 0.910. The third-order valence-electron chi connectivity index (χ3n) is 4.60. The molecule has 116 valence electrons. The normalized spacial score (nSPS) is 26.2. The third kappa shape index (κ3) is 3.61. The minimum Gasteiger partial charge on any atom is -0.342 e. The fourth-order valence-corrected chi connectivity index (χ4v) is 3.33. The summed E-state index contributed by atoms with van der Waals surface area (Å²) >= 11 is 0. The number of piperidine rings is 1. The highest BCUT2D eigenvalue weighted by atomic mass is 16.5. The number of aryl methyl sites for hydroxylation is 1. The summed E-state index contributed by atoms with van der Waals surface area (Å²) < 4.78 is 5.27. The number of nitrogens with zero attached hydrogens (tertiary/aromatic N) is 3. The van der Waals surface area contributed by atoms with Crippen LogP contribution < -0.4 is 5.32 Å². The number of carbonyl (C=O) groups excluding carboxylic acids is 1. The van der Waals surface area contributed by atoms with Crippen molar-refractivity contribution in [2.45, 2.75) is 44.9 Å². The van der Waals surface area contributed by atoms with Crippen molar-refractivity contribution >= 4 is 5.91 Å². The van der Waals surface area contributed by atoms with Crippen molar-refractivity contribution in [2.75, 3.05) is 26.2 Å². The molecule has 3 heterocycles. The van der Waals surface area contributed by atoms with Gasteiger partial charge in [-0.25, -0.2) is 0 Å². The van der Waals surface area contributed by atoms with E-state index in [1.165, 1.54) is 6.42 Å². The van der Waals surface area contributed by atoms with Crippen molar-refractivity contribution in [1.82, 2.24) is 20.4 Å². The molecule has 2 fully saturated rings. The van der Waals surface area contributed by atoms with E-state index in [2.05, 4.69) is 15.5 Å². The SMILES string of the molecule is Cc1noc(C2CCCN(C(=O)CCC3CCNC3)C2)n1. The van der Waals surface area contributed by atoms with Crippen molar-refractivity contribution in [3.63, 3.8) is 0 Å². The van der Waals surface area contributed by atoms with Crippen LogP contribution in [0, 0.1) is 12.8 Å². The Morgan fingerprint density at radius 3 is 3.10 bits per heavy atom. The van der Waals surface area contributed by atoms with Gasteiger partial charge in [0.15, 0.2) is 5.82 Å². The van der Waals surface area contributed by atoms with Crippen LogP contribution in [0.4, 0.5) is 0 Å². The Kier molecular flexibility index (Phi) is 4.53. The number of aromatic nitrogens is 2. The zero-order valence-electron chi connectivity index (χ0n) is 12.7. The molecular weight excluding hydrogens is 268 g/mol. The van der Waals surface area contributed by atoms with Crippen LogP contribution in [0.2, 0.25) is 0 Å². The molecule has 2 aliphatic heterocycles. The molecule has 2 saturated heterocycles. The Labute approximate surface area is 125 Å².